The maximum Gasteiger partial charge on any atom is 0.0749 e. The van der Waals surface area contributed by atoms with Crippen molar-refractivity contribution < 1.29 is 0 Å². The van der Waals surface area contributed by atoms with Gasteiger partial charge in [0.1, 0.15) is 0 Å². The molecule has 19 heavy (non-hydrogen) atoms. The molecule has 0 aliphatic carbocycles. The molecule has 0 fully saturated rings. The van der Waals surface area contributed by atoms with E-state index in [1.807, 2.05) is 10.9 Å². The van der Waals surface area contributed by atoms with Crippen LogP contribution < -0.4 is 5.32 Å². The smallest absolute Gasteiger partial charge is 0.0749 e. The van der Waals surface area contributed by atoms with Gasteiger partial charge in [-0.15, -0.1) is 0 Å². The van der Waals surface area contributed by atoms with Crippen molar-refractivity contribution in [2.75, 3.05) is 27.2 Å². The zero-order valence-corrected chi connectivity index (χ0v) is 13.9. The van der Waals surface area contributed by atoms with Crippen LogP contribution in [0, 0.1) is 0 Å². The van der Waals surface area contributed by atoms with Crippen LogP contribution in [0.3, 0.4) is 0 Å². The summed E-state index contributed by atoms with van der Waals surface area (Å²) in [5.41, 5.74) is 1.14. The van der Waals surface area contributed by atoms with Crippen molar-refractivity contribution in [2.45, 2.75) is 32.9 Å². The lowest BCUT2D eigenvalue weighted by atomic mass is 10.3. The van der Waals surface area contributed by atoms with Gasteiger partial charge in [-0.2, -0.15) is 5.10 Å². The van der Waals surface area contributed by atoms with Crippen molar-refractivity contribution >= 4 is 22.0 Å². The molecule has 0 atom stereocenters. The Balaban J connectivity index is 2.51. The molecule has 1 aromatic rings. The largest absolute Gasteiger partial charge is 0.314 e. The van der Waals surface area contributed by atoms with E-state index in [1.54, 1.807) is 0 Å². The minimum Gasteiger partial charge on any atom is -0.314 e. The van der Waals surface area contributed by atoms with Gasteiger partial charge in [-0.1, -0.05) is 19.9 Å². The summed E-state index contributed by atoms with van der Waals surface area (Å²) in [4.78, 5) is 2.16. The van der Waals surface area contributed by atoms with Gasteiger partial charge in [-0.3, -0.25) is 4.68 Å². The zero-order valence-electron chi connectivity index (χ0n) is 12.4. The van der Waals surface area contributed by atoms with Crippen molar-refractivity contribution in [1.29, 1.82) is 0 Å². The minimum absolute atomic E-state index is 0.547. The number of nitrogens with zero attached hydrogens (tertiary/aromatic N) is 3. The van der Waals surface area contributed by atoms with Crippen LogP contribution in [0.15, 0.2) is 16.7 Å². The van der Waals surface area contributed by atoms with Gasteiger partial charge < -0.3 is 10.2 Å². The summed E-state index contributed by atoms with van der Waals surface area (Å²) in [5.74, 6) is 0. The minimum atomic E-state index is 0.547. The Bertz CT molecular complexity index is 396. The Hall–Kier alpha value is -0.650. The standard InChI is InChI=1S/C14H25BrN4/c1-12(2)16-8-6-5-7-14-13(15)11-17-19(14)10-9-18(3)4/h5,7,11-12,16H,6,8-10H2,1-4H3/b7-5+. The number of nitrogens with one attached hydrogen (secondary N) is 1. The van der Waals surface area contributed by atoms with Gasteiger partial charge in [-0.05, 0) is 49.1 Å². The summed E-state index contributed by atoms with van der Waals surface area (Å²) in [6, 6.07) is 0.547. The van der Waals surface area contributed by atoms with Crippen LogP contribution in [0.4, 0.5) is 0 Å². The fourth-order valence-corrected chi connectivity index (χ4v) is 2.09. The van der Waals surface area contributed by atoms with E-state index in [2.05, 4.69) is 71.3 Å². The molecule has 0 spiro atoms. The number of hydrogen-bond donors (Lipinski definition) is 1. The number of halogens is 1. The number of rotatable bonds is 8. The molecule has 1 aromatic heterocycles. The molecule has 1 rings (SSSR count). The van der Waals surface area contributed by atoms with Gasteiger partial charge in [0.05, 0.1) is 22.9 Å². The van der Waals surface area contributed by atoms with Gasteiger partial charge in [0.25, 0.3) is 0 Å². The molecule has 5 heteroatoms. The summed E-state index contributed by atoms with van der Waals surface area (Å²) in [5, 5.41) is 7.79. The van der Waals surface area contributed by atoms with Crippen LogP contribution in [0.5, 0.6) is 0 Å². The maximum absolute atomic E-state index is 4.39. The van der Waals surface area contributed by atoms with Crippen LogP contribution >= 0.6 is 15.9 Å². The lowest BCUT2D eigenvalue weighted by molar-refractivity contribution is 0.372. The van der Waals surface area contributed by atoms with E-state index < -0.39 is 0 Å². The molecular weight excluding hydrogens is 304 g/mol. The zero-order chi connectivity index (χ0) is 14.3. The molecule has 0 aliphatic rings. The van der Waals surface area contributed by atoms with E-state index in [0.717, 1.165) is 36.2 Å². The third-order valence-corrected chi connectivity index (χ3v) is 3.34. The lowest BCUT2D eigenvalue weighted by Gasteiger charge is -2.10. The molecule has 0 aromatic carbocycles. The van der Waals surface area contributed by atoms with Crippen molar-refractivity contribution in [3.63, 3.8) is 0 Å². The van der Waals surface area contributed by atoms with E-state index in [-0.39, 0.29) is 0 Å². The average molecular weight is 329 g/mol. The Morgan fingerprint density at radius 2 is 2.21 bits per heavy atom. The van der Waals surface area contributed by atoms with E-state index in [4.69, 9.17) is 0 Å². The lowest BCUT2D eigenvalue weighted by Crippen LogP contribution is -2.23. The quantitative estimate of drug-likeness (QED) is 0.744. The monoisotopic (exact) mass is 328 g/mol. The highest BCUT2D eigenvalue weighted by Crippen LogP contribution is 2.17. The molecule has 0 aliphatic heterocycles. The molecule has 0 bridgehead atoms. The molecule has 0 saturated carbocycles. The van der Waals surface area contributed by atoms with Crippen LogP contribution in [0.2, 0.25) is 0 Å². The molecule has 0 amide bonds. The second-order valence-electron chi connectivity index (χ2n) is 5.20. The maximum atomic E-state index is 4.39. The normalized spacial score (nSPS) is 12.2. The average Bonchev–Trinajstić information content (AvgIpc) is 2.67. The van der Waals surface area contributed by atoms with E-state index in [9.17, 15) is 0 Å². The summed E-state index contributed by atoms with van der Waals surface area (Å²) < 4.78 is 3.09. The van der Waals surface area contributed by atoms with Gasteiger partial charge in [-0.25, -0.2) is 0 Å². The second kappa shape index (κ2) is 8.51. The van der Waals surface area contributed by atoms with Crippen molar-refractivity contribution in [3.05, 3.63) is 22.4 Å². The van der Waals surface area contributed by atoms with E-state index in [1.165, 1.54) is 0 Å². The predicted octanol–water partition coefficient (Wildman–Crippen LogP) is 2.61. The third-order valence-electron chi connectivity index (χ3n) is 2.73. The number of aromatic nitrogens is 2. The topological polar surface area (TPSA) is 33.1 Å². The Labute approximate surface area is 125 Å². The van der Waals surface area contributed by atoms with E-state index >= 15 is 0 Å². The molecule has 1 N–H and O–H groups in total. The predicted molar refractivity (Wildman–Crippen MR) is 85.3 cm³/mol. The van der Waals surface area contributed by atoms with Gasteiger partial charge in [0, 0.05) is 12.6 Å². The van der Waals surface area contributed by atoms with Crippen LogP contribution in [0.1, 0.15) is 26.0 Å². The summed E-state index contributed by atoms with van der Waals surface area (Å²) in [6.07, 6.45) is 7.24. The SMILES string of the molecule is CC(C)NCC/C=C/c1c(Br)cnn1CCN(C)C. The molecule has 0 radical (unpaired) electrons. The first-order valence-corrected chi connectivity index (χ1v) is 7.56. The Kier molecular flexibility index (Phi) is 7.34. The van der Waals surface area contributed by atoms with Crippen molar-refractivity contribution in [2.24, 2.45) is 0 Å². The molecule has 108 valence electrons. The molecule has 4 nitrogen and oxygen atoms in total. The molecular formula is C14H25BrN4. The van der Waals surface area contributed by atoms with Crippen LogP contribution in [-0.2, 0) is 6.54 Å². The van der Waals surface area contributed by atoms with E-state index in [0.29, 0.717) is 6.04 Å². The Morgan fingerprint density at radius 1 is 1.47 bits per heavy atom. The molecule has 0 unspecified atom stereocenters. The fraction of sp³-hybridized carbons (Fsp3) is 0.643. The van der Waals surface area contributed by atoms with Gasteiger partial charge in [0.2, 0.25) is 0 Å². The van der Waals surface area contributed by atoms with Crippen LogP contribution in [-0.4, -0.2) is 47.9 Å². The molecule has 1 heterocycles. The summed E-state index contributed by atoms with van der Waals surface area (Å²) >= 11 is 3.55. The van der Waals surface area contributed by atoms with Gasteiger partial charge in [0.15, 0.2) is 0 Å². The first-order chi connectivity index (χ1) is 9.00. The highest BCUT2D eigenvalue weighted by atomic mass is 79.9. The Morgan fingerprint density at radius 3 is 2.84 bits per heavy atom. The first kappa shape index (κ1) is 16.4. The van der Waals surface area contributed by atoms with Crippen molar-refractivity contribution in [3.8, 4) is 0 Å². The van der Waals surface area contributed by atoms with Gasteiger partial charge >= 0.3 is 0 Å². The second-order valence-corrected chi connectivity index (χ2v) is 6.06. The number of hydrogen-bond acceptors (Lipinski definition) is 3. The van der Waals surface area contributed by atoms with Crippen molar-refractivity contribution in [1.82, 2.24) is 20.0 Å². The first-order valence-electron chi connectivity index (χ1n) is 6.76. The third kappa shape index (κ3) is 6.36. The highest BCUT2D eigenvalue weighted by Gasteiger charge is 2.05. The highest BCUT2D eigenvalue weighted by molar-refractivity contribution is 9.10. The number of likely N-dealkylation sites (N-methyl/N-ethyl adjacent to an activating group) is 1. The fourth-order valence-electron chi connectivity index (χ4n) is 1.66. The van der Waals surface area contributed by atoms with Crippen LogP contribution in [0.25, 0.3) is 6.08 Å². The summed E-state index contributed by atoms with van der Waals surface area (Å²) in [6.45, 7) is 7.23. The summed E-state index contributed by atoms with van der Waals surface area (Å²) in [7, 11) is 4.15. The molecule has 0 saturated heterocycles.